The molecule has 0 aromatic carbocycles. The number of carbonyl (C=O) groups is 1. The predicted molar refractivity (Wildman–Crippen MR) is 52.3 cm³/mol. The zero-order chi connectivity index (χ0) is 11.5. The molecule has 2 rings (SSSR count). The van der Waals surface area contributed by atoms with Gasteiger partial charge in [0.15, 0.2) is 11.4 Å². The van der Waals surface area contributed by atoms with Gasteiger partial charge in [0.25, 0.3) is 0 Å². The molecule has 0 spiro atoms. The number of rotatable bonds is 3. The fourth-order valence-electron chi connectivity index (χ4n) is 1.06. The van der Waals surface area contributed by atoms with E-state index in [1.165, 1.54) is 18.3 Å². The largest absolute Gasteiger partial charge is 0.476 e. The minimum Gasteiger partial charge on any atom is -0.476 e. The quantitative estimate of drug-likeness (QED) is 0.818. The SMILES string of the molecule is Cn1cc(Oc2ccc(C(=O)O)nn2)cn1. The van der Waals surface area contributed by atoms with E-state index in [1.54, 1.807) is 17.9 Å². The monoisotopic (exact) mass is 220 g/mol. The second-order valence-corrected chi connectivity index (χ2v) is 3.01. The van der Waals surface area contributed by atoms with Gasteiger partial charge in [-0.3, -0.25) is 4.68 Å². The van der Waals surface area contributed by atoms with Crippen LogP contribution in [0.1, 0.15) is 10.5 Å². The molecule has 0 atom stereocenters. The zero-order valence-electron chi connectivity index (χ0n) is 8.36. The lowest BCUT2D eigenvalue weighted by Crippen LogP contribution is -2.01. The average Bonchev–Trinajstić information content (AvgIpc) is 2.65. The number of carboxylic acids is 1. The molecule has 0 aliphatic heterocycles. The molecular weight excluding hydrogens is 212 g/mol. The summed E-state index contributed by atoms with van der Waals surface area (Å²) in [5.41, 5.74) is -0.126. The third-order valence-corrected chi connectivity index (χ3v) is 1.76. The van der Waals surface area contributed by atoms with Gasteiger partial charge in [-0.1, -0.05) is 0 Å². The summed E-state index contributed by atoms with van der Waals surface area (Å²) < 4.78 is 6.86. The number of aromatic carboxylic acids is 1. The molecule has 2 aromatic heterocycles. The molecular formula is C9H8N4O3. The lowest BCUT2D eigenvalue weighted by molar-refractivity contribution is 0.0689. The lowest BCUT2D eigenvalue weighted by Gasteiger charge is -1.99. The van der Waals surface area contributed by atoms with Crippen LogP contribution in [-0.2, 0) is 7.05 Å². The molecule has 2 aromatic rings. The van der Waals surface area contributed by atoms with Gasteiger partial charge >= 0.3 is 5.97 Å². The smallest absolute Gasteiger partial charge is 0.356 e. The van der Waals surface area contributed by atoms with Crippen LogP contribution in [-0.4, -0.2) is 31.1 Å². The van der Waals surface area contributed by atoms with E-state index in [2.05, 4.69) is 15.3 Å². The maximum atomic E-state index is 10.5. The van der Waals surface area contributed by atoms with Gasteiger partial charge in [-0.2, -0.15) is 5.10 Å². The van der Waals surface area contributed by atoms with Crippen LogP contribution >= 0.6 is 0 Å². The summed E-state index contributed by atoms with van der Waals surface area (Å²) in [4.78, 5) is 10.5. The van der Waals surface area contributed by atoms with Crippen molar-refractivity contribution in [1.29, 1.82) is 0 Å². The minimum absolute atomic E-state index is 0.126. The number of hydrogen-bond donors (Lipinski definition) is 1. The van der Waals surface area contributed by atoms with Gasteiger partial charge in [-0.15, -0.1) is 10.2 Å². The molecule has 0 unspecified atom stereocenters. The van der Waals surface area contributed by atoms with Crippen LogP contribution in [0.4, 0.5) is 0 Å². The second-order valence-electron chi connectivity index (χ2n) is 3.01. The molecule has 7 heteroatoms. The summed E-state index contributed by atoms with van der Waals surface area (Å²) in [7, 11) is 1.76. The van der Waals surface area contributed by atoms with Gasteiger partial charge in [-0.05, 0) is 6.07 Å². The number of hydrogen-bond acceptors (Lipinski definition) is 5. The Hall–Kier alpha value is -2.44. The van der Waals surface area contributed by atoms with Crippen LogP contribution in [0.15, 0.2) is 24.5 Å². The highest BCUT2D eigenvalue weighted by atomic mass is 16.5. The summed E-state index contributed by atoms with van der Waals surface area (Å²) in [6, 6.07) is 2.75. The summed E-state index contributed by atoms with van der Waals surface area (Å²) in [6.07, 6.45) is 3.18. The molecule has 82 valence electrons. The first-order valence-corrected chi connectivity index (χ1v) is 4.38. The number of carboxylic acid groups (broad SMARTS) is 1. The topological polar surface area (TPSA) is 90.1 Å². The highest BCUT2D eigenvalue weighted by Crippen LogP contribution is 2.16. The van der Waals surface area contributed by atoms with Gasteiger partial charge in [0.05, 0.1) is 12.4 Å². The van der Waals surface area contributed by atoms with Gasteiger partial charge in [-0.25, -0.2) is 4.79 Å². The zero-order valence-corrected chi connectivity index (χ0v) is 8.36. The maximum absolute atomic E-state index is 10.5. The van der Waals surface area contributed by atoms with E-state index in [1.807, 2.05) is 0 Å². The highest BCUT2D eigenvalue weighted by Gasteiger charge is 2.06. The van der Waals surface area contributed by atoms with E-state index in [0.717, 1.165) is 0 Å². The average molecular weight is 220 g/mol. The van der Waals surface area contributed by atoms with Gasteiger partial charge in [0.2, 0.25) is 5.88 Å². The molecule has 0 aliphatic carbocycles. The standard InChI is InChI=1S/C9H8N4O3/c1-13-5-6(4-10-13)16-8-3-2-7(9(14)15)11-12-8/h2-5H,1H3,(H,14,15). The molecule has 0 amide bonds. The molecule has 0 saturated carbocycles. The molecule has 0 saturated heterocycles. The summed E-state index contributed by atoms with van der Waals surface area (Å²) >= 11 is 0. The third kappa shape index (κ3) is 2.14. The number of ether oxygens (including phenoxy) is 1. The van der Waals surface area contributed by atoms with Crippen molar-refractivity contribution in [2.24, 2.45) is 7.05 Å². The number of nitrogens with zero attached hydrogens (tertiary/aromatic N) is 4. The lowest BCUT2D eigenvalue weighted by atomic mass is 10.4. The Morgan fingerprint density at radius 1 is 1.44 bits per heavy atom. The molecule has 16 heavy (non-hydrogen) atoms. The van der Waals surface area contributed by atoms with E-state index >= 15 is 0 Å². The van der Waals surface area contributed by atoms with E-state index in [-0.39, 0.29) is 11.6 Å². The molecule has 7 nitrogen and oxygen atoms in total. The molecule has 0 radical (unpaired) electrons. The van der Waals surface area contributed by atoms with Crippen LogP contribution in [0.25, 0.3) is 0 Å². The Labute approximate surface area is 90.3 Å². The van der Waals surface area contributed by atoms with Crippen LogP contribution in [0.5, 0.6) is 11.6 Å². The van der Waals surface area contributed by atoms with Crippen LogP contribution < -0.4 is 4.74 Å². The van der Waals surface area contributed by atoms with Crippen LogP contribution in [0.3, 0.4) is 0 Å². The van der Waals surface area contributed by atoms with E-state index in [4.69, 9.17) is 9.84 Å². The Morgan fingerprint density at radius 2 is 2.25 bits per heavy atom. The van der Waals surface area contributed by atoms with Gasteiger partial charge < -0.3 is 9.84 Å². The van der Waals surface area contributed by atoms with Gasteiger partial charge in [0, 0.05) is 13.1 Å². The Kier molecular flexibility index (Phi) is 2.50. The van der Waals surface area contributed by atoms with Crippen LogP contribution in [0.2, 0.25) is 0 Å². The molecule has 0 bridgehead atoms. The molecule has 0 aliphatic rings. The predicted octanol–water partition coefficient (Wildman–Crippen LogP) is 0.701. The Bertz CT molecular complexity index is 506. The molecule has 1 N–H and O–H groups in total. The van der Waals surface area contributed by atoms with Crippen molar-refractivity contribution < 1.29 is 14.6 Å². The summed E-state index contributed by atoms with van der Waals surface area (Å²) in [6.45, 7) is 0. The molecule has 2 heterocycles. The normalized spacial score (nSPS) is 10.1. The summed E-state index contributed by atoms with van der Waals surface area (Å²) in [5.74, 6) is -0.390. The van der Waals surface area contributed by atoms with Crippen molar-refractivity contribution in [2.75, 3.05) is 0 Å². The highest BCUT2D eigenvalue weighted by molar-refractivity contribution is 5.84. The van der Waals surface area contributed by atoms with Gasteiger partial charge in [0.1, 0.15) is 0 Å². The number of aromatic nitrogens is 4. The first-order valence-electron chi connectivity index (χ1n) is 4.38. The Morgan fingerprint density at radius 3 is 2.75 bits per heavy atom. The second kappa shape index (κ2) is 3.97. The van der Waals surface area contributed by atoms with Crippen molar-refractivity contribution in [2.45, 2.75) is 0 Å². The van der Waals surface area contributed by atoms with Crippen molar-refractivity contribution >= 4 is 5.97 Å². The minimum atomic E-state index is -1.12. The Balaban J connectivity index is 2.14. The van der Waals surface area contributed by atoms with Crippen molar-refractivity contribution in [1.82, 2.24) is 20.0 Å². The van der Waals surface area contributed by atoms with Crippen molar-refractivity contribution in [3.05, 3.63) is 30.2 Å². The van der Waals surface area contributed by atoms with E-state index in [9.17, 15) is 4.79 Å². The van der Waals surface area contributed by atoms with E-state index in [0.29, 0.717) is 5.75 Å². The van der Waals surface area contributed by atoms with Crippen molar-refractivity contribution in [3.63, 3.8) is 0 Å². The fourth-order valence-corrected chi connectivity index (χ4v) is 1.06. The van der Waals surface area contributed by atoms with Crippen LogP contribution in [0, 0.1) is 0 Å². The third-order valence-electron chi connectivity index (χ3n) is 1.76. The first kappa shape index (κ1) is 10.1. The first-order chi connectivity index (χ1) is 7.65. The maximum Gasteiger partial charge on any atom is 0.356 e. The fraction of sp³-hybridized carbons (Fsp3) is 0.111. The molecule has 0 fully saturated rings. The number of aryl methyl sites for hydroxylation is 1. The van der Waals surface area contributed by atoms with Crippen molar-refractivity contribution in [3.8, 4) is 11.6 Å². The summed E-state index contributed by atoms with van der Waals surface area (Å²) in [5, 5.41) is 19.6. The van der Waals surface area contributed by atoms with E-state index < -0.39 is 5.97 Å².